The van der Waals surface area contributed by atoms with Gasteiger partial charge in [-0.15, -0.1) is 0 Å². The van der Waals surface area contributed by atoms with Gasteiger partial charge in [0.05, 0.1) is 21.5 Å². The summed E-state index contributed by atoms with van der Waals surface area (Å²) in [6.07, 6.45) is 2.29. The fourth-order valence-corrected chi connectivity index (χ4v) is 7.76. The molecule has 2 aliphatic heterocycles. The maximum atomic E-state index is 14.5. The standard InChI is InChI=1S/C23H34F3N3O4S2/c1-14(30)27-7-8-35(32,33)29-17-5-6-18(29)10-16(9-17)22(28-34(31)23(2,3)4)12-15-11-20(25)21(26)13-19(15)24/h11,13,16-18,22,28H,5-10,12H2,1-4H3,(H,27,30)/t16?,17-,18+,22-,34?/m0/s1. The molecule has 2 bridgehead atoms. The van der Waals surface area contributed by atoms with Crippen molar-refractivity contribution < 1.29 is 30.6 Å². The second-order valence-electron chi connectivity index (χ2n) is 10.4. The average Bonchev–Trinajstić information content (AvgIpc) is 3.01. The molecule has 35 heavy (non-hydrogen) atoms. The van der Waals surface area contributed by atoms with Crippen LogP contribution in [0.4, 0.5) is 13.2 Å². The first-order valence-corrected chi connectivity index (χ1v) is 14.5. The van der Waals surface area contributed by atoms with Crippen molar-refractivity contribution in [1.29, 1.82) is 0 Å². The first-order chi connectivity index (χ1) is 16.2. The Hall–Kier alpha value is -1.50. The first-order valence-electron chi connectivity index (χ1n) is 11.8. The summed E-state index contributed by atoms with van der Waals surface area (Å²) in [4.78, 5) is 11.1. The van der Waals surface area contributed by atoms with Crippen molar-refractivity contribution in [3.63, 3.8) is 0 Å². The third kappa shape index (κ3) is 6.84. The molecule has 0 saturated carbocycles. The molecule has 7 nitrogen and oxygen atoms in total. The van der Waals surface area contributed by atoms with Gasteiger partial charge in [-0.1, -0.05) is 0 Å². The lowest BCUT2D eigenvalue weighted by Gasteiger charge is -2.41. The summed E-state index contributed by atoms with van der Waals surface area (Å²) in [5, 5.41) is 2.51. The minimum atomic E-state index is -3.60. The van der Waals surface area contributed by atoms with Crippen LogP contribution >= 0.6 is 0 Å². The number of rotatable bonds is 9. The number of benzene rings is 1. The van der Waals surface area contributed by atoms with Crippen LogP contribution in [0.25, 0.3) is 0 Å². The molecule has 3 rings (SSSR count). The number of nitrogens with zero attached hydrogens (tertiary/aromatic N) is 1. The van der Waals surface area contributed by atoms with Crippen LogP contribution in [0.2, 0.25) is 0 Å². The van der Waals surface area contributed by atoms with E-state index in [2.05, 4.69) is 10.0 Å². The summed E-state index contributed by atoms with van der Waals surface area (Å²) >= 11 is 0. The van der Waals surface area contributed by atoms with Crippen molar-refractivity contribution in [1.82, 2.24) is 14.3 Å². The van der Waals surface area contributed by atoms with E-state index in [9.17, 15) is 30.6 Å². The molecule has 0 radical (unpaired) electrons. The fourth-order valence-electron chi connectivity index (χ4n) is 5.00. The van der Waals surface area contributed by atoms with Crippen LogP contribution in [0.1, 0.15) is 58.9 Å². The Morgan fingerprint density at radius 1 is 1.11 bits per heavy atom. The Balaban J connectivity index is 1.81. The fraction of sp³-hybridized carbons (Fsp3) is 0.696. The maximum absolute atomic E-state index is 14.5. The van der Waals surface area contributed by atoms with Crippen molar-refractivity contribution in [3.05, 3.63) is 35.1 Å². The maximum Gasteiger partial charge on any atom is 0.216 e. The zero-order valence-corrected chi connectivity index (χ0v) is 22.1. The molecule has 198 valence electrons. The lowest BCUT2D eigenvalue weighted by molar-refractivity contribution is -0.118. The summed E-state index contributed by atoms with van der Waals surface area (Å²) in [6, 6.07) is 0.291. The van der Waals surface area contributed by atoms with E-state index in [0.717, 1.165) is 6.07 Å². The van der Waals surface area contributed by atoms with E-state index in [1.54, 1.807) is 25.1 Å². The molecule has 2 fully saturated rings. The molecule has 1 aromatic carbocycles. The van der Waals surface area contributed by atoms with Gasteiger partial charge in [0.15, 0.2) is 11.6 Å². The van der Waals surface area contributed by atoms with Crippen molar-refractivity contribution >= 4 is 26.9 Å². The Bertz CT molecular complexity index is 1060. The predicted molar refractivity (Wildman–Crippen MR) is 129 cm³/mol. The van der Waals surface area contributed by atoms with Crippen molar-refractivity contribution in [3.8, 4) is 0 Å². The molecule has 2 aliphatic rings. The lowest BCUT2D eigenvalue weighted by atomic mass is 9.83. The molecule has 0 spiro atoms. The van der Waals surface area contributed by atoms with Gasteiger partial charge < -0.3 is 5.32 Å². The summed E-state index contributed by atoms with van der Waals surface area (Å²) in [7, 11) is -5.11. The number of piperidine rings is 1. The first kappa shape index (κ1) is 28.1. The van der Waals surface area contributed by atoms with Gasteiger partial charge in [0, 0.05) is 37.7 Å². The summed E-state index contributed by atoms with van der Waals surface area (Å²) in [5.74, 6) is -3.94. The second kappa shape index (κ2) is 10.9. The van der Waals surface area contributed by atoms with E-state index in [1.165, 1.54) is 6.92 Å². The van der Waals surface area contributed by atoms with Crippen LogP contribution in [-0.2, 0) is 32.2 Å². The highest BCUT2D eigenvalue weighted by Crippen LogP contribution is 2.42. The van der Waals surface area contributed by atoms with Gasteiger partial charge in [0.25, 0.3) is 0 Å². The molecule has 12 heteroatoms. The number of carbonyl (C=O) groups is 1. The summed E-state index contributed by atoms with van der Waals surface area (Å²) < 4.78 is 84.7. The van der Waals surface area contributed by atoms with Gasteiger partial charge in [-0.2, -0.15) is 4.31 Å². The normalized spacial score (nSPS) is 24.8. The van der Waals surface area contributed by atoms with Crippen LogP contribution in [0.3, 0.4) is 0 Å². The molecule has 2 saturated heterocycles. The Morgan fingerprint density at radius 3 is 2.23 bits per heavy atom. The van der Waals surface area contributed by atoms with E-state index < -0.39 is 49.2 Å². The number of hydrogen-bond acceptors (Lipinski definition) is 4. The molecule has 1 aromatic rings. The molecule has 5 atom stereocenters. The van der Waals surface area contributed by atoms with E-state index in [1.807, 2.05) is 0 Å². The Morgan fingerprint density at radius 2 is 1.69 bits per heavy atom. The van der Waals surface area contributed by atoms with Crippen molar-refractivity contribution in [2.45, 2.75) is 82.7 Å². The van der Waals surface area contributed by atoms with Crippen LogP contribution < -0.4 is 10.0 Å². The predicted octanol–water partition coefficient (Wildman–Crippen LogP) is 2.78. The molecule has 1 amide bonds. The van der Waals surface area contributed by atoms with Gasteiger partial charge in [-0.3, -0.25) is 4.79 Å². The molecule has 2 unspecified atom stereocenters. The SMILES string of the molecule is CC(=O)NCCS(=O)(=O)N1[C@@H]2CC[C@H]1CC([C@H](Cc1cc(F)c(F)cc1F)NS(=O)C(C)(C)C)C2. The number of halogens is 3. The molecule has 0 aliphatic carbocycles. The number of hydrogen-bond donors (Lipinski definition) is 2. The average molecular weight is 538 g/mol. The third-order valence-corrected chi connectivity index (χ3v) is 10.3. The highest BCUT2D eigenvalue weighted by Gasteiger charge is 2.48. The third-order valence-electron chi connectivity index (χ3n) is 6.67. The van der Waals surface area contributed by atoms with Gasteiger partial charge in [0.2, 0.25) is 15.9 Å². The van der Waals surface area contributed by atoms with E-state index in [-0.39, 0.29) is 48.2 Å². The highest BCUT2D eigenvalue weighted by atomic mass is 32.2. The van der Waals surface area contributed by atoms with Crippen LogP contribution in [0, 0.1) is 23.4 Å². The van der Waals surface area contributed by atoms with E-state index in [0.29, 0.717) is 31.7 Å². The zero-order valence-electron chi connectivity index (χ0n) is 20.4. The highest BCUT2D eigenvalue weighted by molar-refractivity contribution is 7.89. The summed E-state index contributed by atoms with van der Waals surface area (Å²) in [6.45, 7) is 6.73. The molecular weight excluding hydrogens is 503 g/mol. The quantitative estimate of drug-likeness (QED) is 0.474. The van der Waals surface area contributed by atoms with Gasteiger partial charge in [-0.05, 0) is 70.4 Å². The Kier molecular flexibility index (Phi) is 8.71. The number of nitrogens with one attached hydrogen (secondary N) is 2. The number of fused-ring (bicyclic) bond motifs is 2. The van der Waals surface area contributed by atoms with E-state index in [4.69, 9.17) is 0 Å². The van der Waals surface area contributed by atoms with Crippen molar-refractivity contribution in [2.24, 2.45) is 5.92 Å². The second-order valence-corrected chi connectivity index (χ2v) is 14.4. The minimum absolute atomic E-state index is 0.00968. The monoisotopic (exact) mass is 537 g/mol. The van der Waals surface area contributed by atoms with Gasteiger partial charge in [-0.25, -0.2) is 30.5 Å². The van der Waals surface area contributed by atoms with Crippen molar-refractivity contribution in [2.75, 3.05) is 12.3 Å². The molecular formula is C23H34F3N3O4S2. The zero-order chi connectivity index (χ0) is 26.1. The van der Waals surface area contributed by atoms with Gasteiger partial charge >= 0.3 is 0 Å². The lowest BCUT2D eigenvalue weighted by Crippen LogP contribution is -2.53. The number of carbonyl (C=O) groups excluding carboxylic acids is 1. The smallest absolute Gasteiger partial charge is 0.216 e. The molecule has 2 heterocycles. The minimum Gasteiger partial charge on any atom is -0.355 e. The van der Waals surface area contributed by atoms with Crippen LogP contribution in [0.15, 0.2) is 12.1 Å². The number of sulfonamides is 1. The van der Waals surface area contributed by atoms with Gasteiger partial charge in [0.1, 0.15) is 5.82 Å². The Labute approximate surface area is 207 Å². The van der Waals surface area contributed by atoms with Crippen LogP contribution in [-0.4, -0.2) is 58.0 Å². The van der Waals surface area contributed by atoms with E-state index >= 15 is 0 Å². The molecule has 0 aromatic heterocycles. The summed E-state index contributed by atoms with van der Waals surface area (Å²) in [5.41, 5.74) is -0.0231. The largest absolute Gasteiger partial charge is 0.355 e. The van der Waals surface area contributed by atoms with Crippen LogP contribution in [0.5, 0.6) is 0 Å². The number of amides is 1. The topological polar surface area (TPSA) is 95.6 Å². The molecule has 2 N–H and O–H groups in total.